The third kappa shape index (κ3) is 2.36. The fraction of sp³-hybridized carbons (Fsp3) is 0.250. The zero-order chi connectivity index (χ0) is 14.1. The Morgan fingerprint density at radius 3 is 2.60 bits per heavy atom. The van der Waals surface area contributed by atoms with Gasteiger partial charge in [-0.25, -0.2) is 0 Å². The molecule has 0 saturated heterocycles. The molecule has 0 aliphatic heterocycles. The van der Waals surface area contributed by atoms with Gasteiger partial charge in [0.1, 0.15) is 0 Å². The lowest BCUT2D eigenvalue weighted by molar-refractivity contribution is 0.581. The first-order valence-electron chi connectivity index (χ1n) is 6.62. The zero-order valence-corrected chi connectivity index (χ0v) is 13.6. The molecule has 20 heavy (non-hydrogen) atoms. The molecule has 1 N–H and O–H groups in total. The lowest BCUT2D eigenvalue weighted by Crippen LogP contribution is -2.29. The molecule has 4 heteroatoms. The van der Waals surface area contributed by atoms with Gasteiger partial charge in [-0.1, -0.05) is 36.4 Å². The third-order valence-corrected chi connectivity index (χ3v) is 6.55. The maximum atomic E-state index is 12.9. The van der Waals surface area contributed by atoms with Crippen LogP contribution in [0.2, 0.25) is 0 Å². The van der Waals surface area contributed by atoms with Crippen molar-refractivity contribution in [3.05, 3.63) is 64.1 Å². The topological polar surface area (TPSA) is 29.1 Å². The van der Waals surface area contributed by atoms with Crippen LogP contribution in [0.3, 0.4) is 0 Å². The van der Waals surface area contributed by atoms with Crippen LogP contribution in [-0.2, 0) is 17.2 Å². The van der Waals surface area contributed by atoms with Gasteiger partial charge < -0.3 is 5.32 Å². The number of rotatable bonds is 3. The molecule has 2 aromatic rings. The Morgan fingerprint density at radius 1 is 1.15 bits per heavy atom. The molecule has 0 saturated carbocycles. The van der Waals surface area contributed by atoms with Crippen molar-refractivity contribution in [2.45, 2.75) is 22.6 Å². The van der Waals surface area contributed by atoms with Crippen molar-refractivity contribution in [1.29, 1.82) is 0 Å². The highest BCUT2D eigenvalue weighted by molar-refractivity contribution is 9.10. The minimum absolute atomic E-state index is 0.0797. The molecule has 0 bridgehead atoms. The summed E-state index contributed by atoms with van der Waals surface area (Å²) in [6.45, 7) is 0. The monoisotopic (exact) mass is 349 g/mol. The summed E-state index contributed by atoms with van der Waals surface area (Å²) in [6, 6.07) is 16.3. The summed E-state index contributed by atoms with van der Waals surface area (Å²) in [5, 5.41) is 3.41. The average molecular weight is 350 g/mol. The van der Waals surface area contributed by atoms with E-state index in [0.29, 0.717) is 0 Å². The molecule has 3 rings (SSSR count). The summed E-state index contributed by atoms with van der Waals surface area (Å²) in [5.74, 6) is 0. The van der Waals surface area contributed by atoms with Gasteiger partial charge in [0, 0.05) is 10.5 Å². The van der Waals surface area contributed by atoms with Crippen molar-refractivity contribution >= 4 is 26.7 Å². The normalized spacial score (nSPS) is 22.5. The summed E-state index contributed by atoms with van der Waals surface area (Å²) in [5.41, 5.74) is 2.58. The van der Waals surface area contributed by atoms with E-state index in [9.17, 15) is 4.21 Å². The minimum Gasteiger partial charge on any atom is -0.312 e. The van der Waals surface area contributed by atoms with E-state index in [-0.39, 0.29) is 11.3 Å². The molecule has 2 nitrogen and oxygen atoms in total. The largest absolute Gasteiger partial charge is 0.312 e. The van der Waals surface area contributed by atoms with Gasteiger partial charge in [-0.3, -0.25) is 4.21 Å². The smallest absolute Gasteiger partial charge is 0.0630 e. The predicted molar refractivity (Wildman–Crippen MR) is 86.3 cm³/mol. The number of fused-ring (bicyclic) bond motifs is 1. The van der Waals surface area contributed by atoms with Gasteiger partial charge in [-0.2, -0.15) is 0 Å². The summed E-state index contributed by atoms with van der Waals surface area (Å²) < 4.78 is 13.9. The van der Waals surface area contributed by atoms with E-state index >= 15 is 0 Å². The molecule has 2 aromatic carbocycles. The van der Waals surface area contributed by atoms with Crippen LogP contribution in [0.5, 0.6) is 0 Å². The standard InChI is InChI=1S/C16H16BrNOS/c1-18-16-12-7-3-2-6-11(12)10-15(16)20(19)14-9-5-4-8-13(14)17/h2-9,15-16,18H,10H2,1H3. The molecular weight excluding hydrogens is 334 g/mol. The number of hydrogen-bond donors (Lipinski definition) is 1. The first-order chi connectivity index (χ1) is 9.72. The van der Waals surface area contributed by atoms with Crippen molar-refractivity contribution in [1.82, 2.24) is 5.32 Å². The Labute approximate surface area is 130 Å². The van der Waals surface area contributed by atoms with E-state index in [0.717, 1.165) is 15.8 Å². The number of benzene rings is 2. The van der Waals surface area contributed by atoms with Gasteiger partial charge in [-0.05, 0) is 52.7 Å². The minimum atomic E-state index is -1.04. The number of hydrogen-bond acceptors (Lipinski definition) is 2. The summed E-state index contributed by atoms with van der Waals surface area (Å²) in [4.78, 5) is 0.880. The number of halogens is 1. The second-order valence-electron chi connectivity index (χ2n) is 4.94. The van der Waals surface area contributed by atoms with Crippen molar-refractivity contribution in [3.63, 3.8) is 0 Å². The van der Waals surface area contributed by atoms with E-state index in [1.807, 2.05) is 37.4 Å². The zero-order valence-electron chi connectivity index (χ0n) is 11.2. The molecule has 104 valence electrons. The van der Waals surface area contributed by atoms with Crippen LogP contribution in [0.4, 0.5) is 0 Å². The molecule has 1 aliphatic rings. The first-order valence-corrected chi connectivity index (χ1v) is 8.63. The molecular formula is C16H16BrNOS. The van der Waals surface area contributed by atoms with Crippen LogP contribution in [0, 0.1) is 0 Å². The molecule has 0 amide bonds. The first kappa shape index (κ1) is 14.0. The third-order valence-electron chi connectivity index (χ3n) is 3.82. The van der Waals surface area contributed by atoms with E-state index in [1.165, 1.54) is 11.1 Å². The van der Waals surface area contributed by atoms with Crippen LogP contribution >= 0.6 is 15.9 Å². The highest BCUT2D eigenvalue weighted by atomic mass is 79.9. The van der Waals surface area contributed by atoms with Crippen molar-refractivity contribution < 1.29 is 4.21 Å². The molecule has 3 atom stereocenters. The van der Waals surface area contributed by atoms with Crippen molar-refractivity contribution in [2.24, 2.45) is 0 Å². The second kappa shape index (κ2) is 5.80. The molecule has 0 aromatic heterocycles. The summed E-state index contributed by atoms with van der Waals surface area (Å²) >= 11 is 3.51. The quantitative estimate of drug-likeness (QED) is 0.919. The predicted octanol–water partition coefficient (Wildman–Crippen LogP) is 3.44. The highest BCUT2D eigenvalue weighted by Gasteiger charge is 2.36. The maximum Gasteiger partial charge on any atom is 0.0630 e. The van der Waals surface area contributed by atoms with Crippen molar-refractivity contribution in [2.75, 3.05) is 7.05 Å². The van der Waals surface area contributed by atoms with Gasteiger partial charge in [0.05, 0.1) is 20.9 Å². The molecule has 0 heterocycles. The van der Waals surface area contributed by atoms with Crippen LogP contribution in [0.25, 0.3) is 0 Å². The Balaban J connectivity index is 1.96. The Hall–Kier alpha value is -0.970. The summed E-state index contributed by atoms with van der Waals surface area (Å²) in [6.07, 6.45) is 0.857. The molecule has 0 spiro atoms. The van der Waals surface area contributed by atoms with E-state index in [1.54, 1.807) is 0 Å². The van der Waals surface area contributed by atoms with E-state index in [2.05, 4.69) is 39.4 Å². The van der Waals surface area contributed by atoms with Crippen LogP contribution in [0.15, 0.2) is 57.9 Å². The Bertz CT molecular complexity index is 658. The van der Waals surface area contributed by atoms with Crippen LogP contribution in [-0.4, -0.2) is 16.5 Å². The lowest BCUT2D eigenvalue weighted by atomic mass is 10.1. The molecule has 0 fully saturated rings. The Morgan fingerprint density at radius 2 is 1.85 bits per heavy atom. The van der Waals surface area contributed by atoms with E-state index in [4.69, 9.17) is 0 Å². The maximum absolute atomic E-state index is 12.9. The van der Waals surface area contributed by atoms with Crippen LogP contribution < -0.4 is 5.32 Å². The molecule has 0 radical (unpaired) electrons. The lowest BCUT2D eigenvalue weighted by Gasteiger charge is -2.20. The Kier molecular flexibility index (Phi) is 4.06. The number of nitrogens with one attached hydrogen (secondary N) is 1. The van der Waals surface area contributed by atoms with Gasteiger partial charge in [0.2, 0.25) is 0 Å². The van der Waals surface area contributed by atoms with Gasteiger partial charge in [0.25, 0.3) is 0 Å². The average Bonchev–Trinajstić information content (AvgIpc) is 2.85. The van der Waals surface area contributed by atoms with E-state index < -0.39 is 10.8 Å². The fourth-order valence-electron chi connectivity index (χ4n) is 2.87. The molecule has 1 aliphatic carbocycles. The van der Waals surface area contributed by atoms with Crippen LogP contribution in [0.1, 0.15) is 17.2 Å². The van der Waals surface area contributed by atoms with Crippen molar-refractivity contribution in [3.8, 4) is 0 Å². The van der Waals surface area contributed by atoms with Gasteiger partial charge in [-0.15, -0.1) is 0 Å². The van der Waals surface area contributed by atoms with Gasteiger partial charge in [0.15, 0.2) is 0 Å². The summed E-state index contributed by atoms with van der Waals surface area (Å²) in [7, 11) is 0.906. The highest BCUT2D eigenvalue weighted by Crippen LogP contribution is 2.37. The fourth-order valence-corrected chi connectivity index (χ4v) is 5.29. The SMILES string of the molecule is CNC1c2ccccc2CC1S(=O)c1ccccc1Br. The van der Waals surface area contributed by atoms with Gasteiger partial charge >= 0.3 is 0 Å². The second-order valence-corrected chi connectivity index (χ2v) is 7.43. The molecule has 3 unspecified atom stereocenters.